The number of aromatic amines is 1. The maximum absolute atomic E-state index is 12.5. The van der Waals surface area contributed by atoms with Gasteiger partial charge in [0.15, 0.2) is 5.78 Å². The van der Waals surface area contributed by atoms with E-state index in [0.29, 0.717) is 11.4 Å². The lowest BCUT2D eigenvalue weighted by atomic mass is 9.90. The number of Topliss-reactive ketones (excluding diaryl/α,β-unsaturated/α-hetero) is 1. The van der Waals surface area contributed by atoms with Crippen LogP contribution in [0, 0.1) is 0 Å². The van der Waals surface area contributed by atoms with Crippen molar-refractivity contribution in [1.29, 1.82) is 0 Å². The topological polar surface area (TPSA) is 71.2 Å². The summed E-state index contributed by atoms with van der Waals surface area (Å²) in [7, 11) is 1.64. The van der Waals surface area contributed by atoms with Crippen LogP contribution in [0.5, 0.6) is 5.75 Å². The molecule has 31 heavy (non-hydrogen) atoms. The Balaban J connectivity index is 1.49. The van der Waals surface area contributed by atoms with Gasteiger partial charge in [0, 0.05) is 42.4 Å². The molecule has 0 spiro atoms. The van der Waals surface area contributed by atoms with E-state index in [0.717, 1.165) is 27.8 Å². The van der Waals surface area contributed by atoms with Crippen molar-refractivity contribution in [2.75, 3.05) is 13.7 Å². The van der Waals surface area contributed by atoms with Crippen molar-refractivity contribution in [1.82, 2.24) is 10.3 Å². The predicted molar refractivity (Wildman–Crippen MR) is 124 cm³/mol. The van der Waals surface area contributed by atoms with Gasteiger partial charge in [-0.05, 0) is 40.8 Å². The molecule has 2 N–H and O–H groups in total. The fourth-order valence-corrected chi connectivity index (χ4v) is 4.41. The van der Waals surface area contributed by atoms with Crippen molar-refractivity contribution in [2.45, 2.75) is 18.8 Å². The van der Waals surface area contributed by atoms with Crippen LogP contribution in [0.4, 0.5) is 0 Å². The van der Waals surface area contributed by atoms with Crippen molar-refractivity contribution in [3.63, 3.8) is 0 Å². The van der Waals surface area contributed by atoms with Crippen LogP contribution in [0.2, 0.25) is 0 Å². The summed E-state index contributed by atoms with van der Waals surface area (Å²) in [6.07, 6.45) is 2.40. The maximum atomic E-state index is 12.5. The summed E-state index contributed by atoms with van der Waals surface area (Å²) in [5.41, 5.74) is 3.26. The summed E-state index contributed by atoms with van der Waals surface area (Å²) in [5, 5.41) is 6.03. The van der Waals surface area contributed by atoms with E-state index in [1.165, 1.54) is 11.3 Å². The second kappa shape index (κ2) is 9.62. The molecule has 1 unspecified atom stereocenters. The number of ketones is 1. The Kier molecular flexibility index (Phi) is 6.48. The lowest BCUT2D eigenvalue weighted by Gasteiger charge is -2.18. The molecule has 0 saturated heterocycles. The van der Waals surface area contributed by atoms with E-state index in [1.807, 2.05) is 60.1 Å². The van der Waals surface area contributed by atoms with Gasteiger partial charge in [-0.1, -0.05) is 36.4 Å². The number of methoxy groups -OCH3 is 1. The standard InChI is InChI=1S/C25H24N2O3S/c1-30-18-10-8-17(9-11-18)20(21-16-26-22-6-3-2-5-19(21)22)15-27-25(29)13-12-23(28)24-7-4-14-31-24/h2-11,14,16,20,26H,12-13,15H2,1H3,(H,27,29). The monoisotopic (exact) mass is 432 g/mol. The van der Waals surface area contributed by atoms with Crippen LogP contribution in [-0.4, -0.2) is 30.3 Å². The number of para-hydroxylation sites is 1. The Morgan fingerprint density at radius 2 is 1.84 bits per heavy atom. The van der Waals surface area contributed by atoms with E-state index < -0.39 is 0 Å². The molecule has 158 valence electrons. The van der Waals surface area contributed by atoms with Crippen LogP contribution in [0.15, 0.2) is 72.2 Å². The average molecular weight is 433 g/mol. The Morgan fingerprint density at radius 3 is 2.58 bits per heavy atom. The van der Waals surface area contributed by atoms with Crippen molar-refractivity contribution in [3.8, 4) is 5.75 Å². The third kappa shape index (κ3) is 4.86. The van der Waals surface area contributed by atoms with Crippen LogP contribution >= 0.6 is 11.3 Å². The van der Waals surface area contributed by atoms with Gasteiger partial charge in [0.25, 0.3) is 0 Å². The van der Waals surface area contributed by atoms with Gasteiger partial charge in [-0.15, -0.1) is 11.3 Å². The maximum Gasteiger partial charge on any atom is 0.220 e. The number of amides is 1. The molecular weight excluding hydrogens is 408 g/mol. The molecule has 5 nitrogen and oxygen atoms in total. The fraction of sp³-hybridized carbons (Fsp3) is 0.200. The molecule has 2 aromatic carbocycles. The smallest absolute Gasteiger partial charge is 0.220 e. The van der Waals surface area contributed by atoms with Crippen molar-refractivity contribution in [2.24, 2.45) is 0 Å². The minimum atomic E-state index is -0.122. The molecule has 1 atom stereocenters. The van der Waals surface area contributed by atoms with Gasteiger partial charge in [0.1, 0.15) is 5.75 Å². The first-order valence-corrected chi connectivity index (χ1v) is 11.1. The summed E-state index contributed by atoms with van der Waals surface area (Å²) in [6.45, 7) is 0.445. The van der Waals surface area contributed by atoms with E-state index in [4.69, 9.17) is 4.74 Å². The number of carbonyl (C=O) groups excluding carboxylic acids is 2. The van der Waals surface area contributed by atoms with Gasteiger partial charge >= 0.3 is 0 Å². The molecule has 0 radical (unpaired) electrons. The number of fused-ring (bicyclic) bond motifs is 1. The highest BCUT2D eigenvalue weighted by atomic mass is 32.1. The molecule has 0 aliphatic rings. The number of thiophene rings is 1. The third-order valence-electron chi connectivity index (χ3n) is 5.39. The number of hydrogen-bond acceptors (Lipinski definition) is 4. The highest BCUT2D eigenvalue weighted by Crippen LogP contribution is 2.31. The number of H-pyrrole nitrogens is 1. The molecule has 0 fully saturated rings. The number of rotatable bonds is 9. The zero-order valence-corrected chi connectivity index (χ0v) is 18.1. The Labute approximate surface area is 185 Å². The Hall–Kier alpha value is -3.38. The first-order chi connectivity index (χ1) is 15.2. The molecule has 0 aliphatic carbocycles. The first-order valence-electron chi connectivity index (χ1n) is 10.2. The molecule has 0 saturated carbocycles. The second-order valence-electron chi connectivity index (χ2n) is 7.32. The van der Waals surface area contributed by atoms with Gasteiger partial charge in [0.05, 0.1) is 12.0 Å². The first kappa shape index (κ1) is 20.9. The van der Waals surface area contributed by atoms with E-state index >= 15 is 0 Å². The molecular formula is C25H24N2O3S. The van der Waals surface area contributed by atoms with Crippen molar-refractivity contribution >= 4 is 33.9 Å². The van der Waals surface area contributed by atoms with Gasteiger partial charge < -0.3 is 15.0 Å². The zero-order valence-electron chi connectivity index (χ0n) is 17.3. The molecule has 2 heterocycles. The third-order valence-corrected chi connectivity index (χ3v) is 6.30. The van der Waals surface area contributed by atoms with Crippen molar-refractivity contribution in [3.05, 3.63) is 88.2 Å². The van der Waals surface area contributed by atoms with E-state index in [9.17, 15) is 9.59 Å². The number of benzene rings is 2. The zero-order chi connectivity index (χ0) is 21.6. The van der Waals surface area contributed by atoms with E-state index in [-0.39, 0.29) is 30.4 Å². The molecule has 0 aliphatic heterocycles. The summed E-state index contributed by atoms with van der Waals surface area (Å²) < 4.78 is 5.29. The summed E-state index contributed by atoms with van der Waals surface area (Å²) in [6, 6.07) is 19.7. The van der Waals surface area contributed by atoms with Crippen LogP contribution < -0.4 is 10.1 Å². The summed E-state index contributed by atoms with van der Waals surface area (Å²) in [4.78, 5) is 28.7. The minimum absolute atomic E-state index is 0.00785. The highest BCUT2D eigenvalue weighted by Gasteiger charge is 2.19. The average Bonchev–Trinajstić information content (AvgIpc) is 3.49. The minimum Gasteiger partial charge on any atom is -0.497 e. The summed E-state index contributed by atoms with van der Waals surface area (Å²) >= 11 is 1.41. The van der Waals surface area contributed by atoms with Gasteiger partial charge in [0.2, 0.25) is 5.91 Å². The molecule has 0 bridgehead atoms. The number of nitrogens with one attached hydrogen (secondary N) is 2. The Bertz CT molecular complexity index is 1160. The van der Waals surface area contributed by atoms with Crippen LogP contribution in [0.25, 0.3) is 10.9 Å². The van der Waals surface area contributed by atoms with Crippen LogP contribution in [-0.2, 0) is 4.79 Å². The number of hydrogen-bond donors (Lipinski definition) is 2. The van der Waals surface area contributed by atoms with Crippen LogP contribution in [0.1, 0.15) is 39.6 Å². The summed E-state index contributed by atoms with van der Waals surface area (Å²) in [5.74, 6) is 0.647. The Morgan fingerprint density at radius 1 is 1.03 bits per heavy atom. The number of carbonyl (C=O) groups is 2. The van der Waals surface area contributed by atoms with Crippen LogP contribution in [0.3, 0.4) is 0 Å². The second-order valence-corrected chi connectivity index (χ2v) is 8.27. The SMILES string of the molecule is COc1ccc(C(CNC(=O)CCC(=O)c2cccs2)c2c[nH]c3ccccc23)cc1. The molecule has 6 heteroatoms. The van der Waals surface area contributed by atoms with E-state index in [1.54, 1.807) is 13.2 Å². The lowest BCUT2D eigenvalue weighted by Crippen LogP contribution is -2.29. The molecule has 4 aromatic rings. The van der Waals surface area contributed by atoms with Gasteiger partial charge in [-0.3, -0.25) is 9.59 Å². The largest absolute Gasteiger partial charge is 0.497 e. The van der Waals surface area contributed by atoms with E-state index in [2.05, 4.69) is 16.4 Å². The molecule has 2 aromatic heterocycles. The quantitative estimate of drug-likeness (QED) is 0.359. The number of ether oxygens (including phenoxy) is 1. The number of aromatic nitrogens is 1. The van der Waals surface area contributed by atoms with Gasteiger partial charge in [-0.2, -0.15) is 0 Å². The lowest BCUT2D eigenvalue weighted by molar-refractivity contribution is -0.121. The normalized spacial score (nSPS) is 11.9. The fourth-order valence-electron chi connectivity index (χ4n) is 3.72. The molecule has 1 amide bonds. The predicted octanol–water partition coefficient (Wildman–Crippen LogP) is 5.15. The highest BCUT2D eigenvalue weighted by molar-refractivity contribution is 7.12. The van der Waals surface area contributed by atoms with Crippen molar-refractivity contribution < 1.29 is 14.3 Å². The van der Waals surface area contributed by atoms with Gasteiger partial charge in [-0.25, -0.2) is 0 Å². The molecule has 4 rings (SSSR count).